The van der Waals surface area contributed by atoms with Crippen LogP contribution >= 0.6 is 0 Å². The van der Waals surface area contributed by atoms with Gasteiger partial charge in [0, 0.05) is 13.5 Å². The maximum atomic E-state index is 5.96. The molecule has 0 amide bonds. The molecular weight excluding hydrogens is 290 g/mol. The van der Waals surface area contributed by atoms with Crippen LogP contribution in [0.15, 0.2) is 53.7 Å². The number of benzene rings is 2. The summed E-state index contributed by atoms with van der Waals surface area (Å²) >= 11 is 0. The lowest BCUT2D eigenvalue weighted by molar-refractivity contribution is 0.150. The maximum absolute atomic E-state index is 5.96. The Balaban J connectivity index is 2.08. The van der Waals surface area contributed by atoms with Gasteiger partial charge in [0.15, 0.2) is 0 Å². The Morgan fingerprint density at radius 3 is 2.39 bits per heavy atom. The molecule has 4 heteroatoms. The second-order valence-electron chi connectivity index (χ2n) is 5.24. The first-order valence-corrected chi connectivity index (χ1v) is 7.59. The Morgan fingerprint density at radius 2 is 1.70 bits per heavy atom. The number of para-hydroxylation sites is 1. The highest BCUT2D eigenvalue weighted by molar-refractivity contribution is 5.63. The first-order valence-electron chi connectivity index (χ1n) is 7.59. The molecule has 0 aromatic heterocycles. The summed E-state index contributed by atoms with van der Waals surface area (Å²) in [5.74, 6) is 0.909. The Bertz CT molecular complexity index is 640. The van der Waals surface area contributed by atoms with E-state index in [1.807, 2.05) is 43.3 Å². The number of oxime groups is 1. The van der Waals surface area contributed by atoms with Crippen molar-refractivity contribution in [2.45, 2.75) is 26.1 Å². The van der Waals surface area contributed by atoms with Crippen molar-refractivity contribution in [3.05, 3.63) is 65.2 Å². The normalized spacial score (nSPS) is 12.3. The zero-order valence-corrected chi connectivity index (χ0v) is 13.9. The van der Waals surface area contributed by atoms with Crippen molar-refractivity contribution < 1.29 is 14.3 Å². The smallest absolute Gasteiger partial charge is 0.122 e. The summed E-state index contributed by atoms with van der Waals surface area (Å²) < 4.78 is 11.4. The first kappa shape index (κ1) is 17.0. The molecule has 0 aliphatic heterocycles. The fraction of sp³-hybridized carbons (Fsp3) is 0.316. The molecule has 1 unspecified atom stereocenters. The lowest BCUT2D eigenvalue weighted by Crippen LogP contribution is -2.17. The van der Waals surface area contributed by atoms with E-state index < -0.39 is 0 Å². The van der Waals surface area contributed by atoms with Crippen LogP contribution in [0.1, 0.15) is 16.7 Å². The lowest BCUT2D eigenvalue weighted by atomic mass is 10.0. The molecule has 0 aliphatic carbocycles. The van der Waals surface area contributed by atoms with E-state index in [9.17, 15) is 0 Å². The molecule has 0 fully saturated rings. The lowest BCUT2D eigenvalue weighted by Gasteiger charge is -2.15. The Kier molecular flexibility index (Phi) is 6.63. The van der Waals surface area contributed by atoms with E-state index in [0.717, 1.165) is 23.3 Å². The fourth-order valence-corrected chi connectivity index (χ4v) is 2.31. The molecule has 0 aliphatic rings. The summed E-state index contributed by atoms with van der Waals surface area (Å²) in [4.78, 5) is 4.73. The molecule has 122 valence electrons. The van der Waals surface area contributed by atoms with Crippen molar-refractivity contribution >= 4 is 6.21 Å². The number of aryl methyl sites for hydroxylation is 1. The largest absolute Gasteiger partial charge is 0.489 e. The fourth-order valence-electron chi connectivity index (χ4n) is 2.31. The van der Waals surface area contributed by atoms with Crippen molar-refractivity contribution in [1.29, 1.82) is 0 Å². The number of nitrogens with zero attached hydrogens (tertiary/aromatic N) is 1. The minimum Gasteiger partial charge on any atom is -0.489 e. The van der Waals surface area contributed by atoms with Gasteiger partial charge in [0.05, 0.1) is 12.3 Å². The quantitative estimate of drug-likeness (QED) is 0.550. The van der Waals surface area contributed by atoms with Gasteiger partial charge in [-0.25, -0.2) is 0 Å². The third-order valence-electron chi connectivity index (χ3n) is 3.65. The summed E-state index contributed by atoms with van der Waals surface area (Å²) in [7, 11) is 3.19. The minimum absolute atomic E-state index is 0.130. The van der Waals surface area contributed by atoms with Crippen LogP contribution < -0.4 is 4.74 Å². The molecule has 4 nitrogen and oxygen atoms in total. The summed E-state index contributed by atoms with van der Waals surface area (Å²) in [6.45, 7) is 2.57. The number of rotatable bonds is 8. The van der Waals surface area contributed by atoms with Gasteiger partial charge in [0.2, 0.25) is 0 Å². The van der Waals surface area contributed by atoms with Crippen LogP contribution in [0, 0.1) is 6.92 Å². The second kappa shape index (κ2) is 8.96. The summed E-state index contributed by atoms with van der Waals surface area (Å²) in [6, 6.07) is 16.2. The van der Waals surface area contributed by atoms with Crippen molar-refractivity contribution in [3.8, 4) is 5.75 Å². The molecule has 23 heavy (non-hydrogen) atoms. The van der Waals surface area contributed by atoms with E-state index in [4.69, 9.17) is 14.3 Å². The van der Waals surface area contributed by atoms with Gasteiger partial charge in [0.1, 0.15) is 19.5 Å². The molecule has 0 bridgehead atoms. The van der Waals surface area contributed by atoms with Crippen LogP contribution in [0.5, 0.6) is 5.75 Å². The van der Waals surface area contributed by atoms with Gasteiger partial charge in [0.25, 0.3) is 0 Å². The topological polar surface area (TPSA) is 40.0 Å². The van der Waals surface area contributed by atoms with Gasteiger partial charge >= 0.3 is 0 Å². The molecule has 0 heterocycles. The van der Waals surface area contributed by atoms with E-state index in [1.54, 1.807) is 13.3 Å². The highest BCUT2D eigenvalue weighted by atomic mass is 16.6. The highest BCUT2D eigenvalue weighted by Crippen LogP contribution is 2.20. The monoisotopic (exact) mass is 313 g/mol. The SMILES string of the molecule is CON=CC(Cc1ccccc1COc1ccccc1C)OC. The predicted octanol–water partition coefficient (Wildman–Crippen LogP) is 3.76. The molecule has 1 atom stereocenters. The number of methoxy groups -OCH3 is 1. The zero-order chi connectivity index (χ0) is 16.5. The average molecular weight is 313 g/mol. The van der Waals surface area contributed by atoms with Crippen molar-refractivity contribution in [1.82, 2.24) is 0 Å². The average Bonchev–Trinajstić information content (AvgIpc) is 2.59. The summed E-state index contributed by atoms with van der Waals surface area (Å²) in [5, 5.41) is 3.79. The van der Waals surface area contributed by atoms with Gasteiger partial charge in [-0.2, -0.15) is 0 Å². The van der Waals surface area contributed by atoms with E-state index in [0.29, 0.717) is 6.61 Å². The van der Waals surface area contributed by atoms with Crippen LogP contribution in [0.3, 0.4) is 0 Å². The number of hydrogen-bond donors (Lipinski definition) is 0. The maximum Gasteiger partial charge on any atom is 0.122 e. The van der Waals surface area contributed by atoms with Gasteiger partial charge in [-0.3, -0.25) is 0 Å². The van der Waals surface area contributed by atoms with Gasteiger partial charge in [-0.1, -0.05) is 47.6 Å². The van der Waals surface area contributed by atoms with Crippen LogP contribution in [0.25, 0.3) is 0 Å². The van der Waals surface area contributed by atoms with E-state index >= 15 is 0 Å². The van der Waals surface area contributed by atoms with Gasteiger partial charge < -0.3 is 14.3 Å². The Morgan fingerprint density at radius 1 is 1.00 bits per heavy atom. The predicted molar refractivity (Wildman–Crippen MR) is 92.0 cm³/mol. The molecule has 0 saturated heterocycles. The van der Waals surface area contributed by atoms with Crippen molar-refractivity contribution in [2.24, 2.45) is 5.16 Å². The standard InChI is InChI=1S/C19H23NO3/c1-15-8-4-7-11-19(15)23-14-17-10-6-5-9-16(17)12-18(21-2)13-20-22-3/h4-11,13,18H,12,14H2,1-3H3. The number of ether oxygens (including phenoxy) is 2. The van der Waals surface area contributed by atoms with Crippen molar-refractivity contribution in [3.63, 3.8) is 0 Å². The van der Waals surface area contributed by atoms with Crippen LogP contribution in [0.4, 0.5) is 0 Å². The summed E-state index contributed by atoms with van der Waals surface area (Å²) in [5.41, 5.74) is 3.45. The molecule has 0 N–H and O–H groups in total. The zero-order valence-electron chi connectivity index (χ0n) is 13.9. The first-order chi connectivity index (χ1) is 11.2. The van der Waals surface area contributed by atoms with Gasteiger partial charge in [-0.15, -0.1) is 0 Å². The second-order valence-corrected chi connectivity index (χ2v) is 5.24. The summed E-state index contributed by atoms with van der Waals surface area (Å²) in [6.07, 6.45) is 2.25. The minimum atomic E-state index is -0.130. The molecule has 2 aromatic rings. The third kappa shape index (κ3) is 5.11. The van der Waals surface area contributed by atoms with E-state index in [2.05, 4.69) is 17.3 Å². The molecule has 2 aromatic carbocycles. The van der Waals surface area contributed by atoms with Crippen LogP contribution in [0.2, 0.25) is 0 Å². The molecule has 0 spiro atoms. The Labute approximate surface area is 137 Å². The molecular formula is C19H23NO3. The molecule has 0 radical (unpaired) electrons. The molecule has 2 rings (SSSR count). The van der Waals surface area contributed by atoms with E-state index in [1.165, 1.54) is 12.7 Å². The number of hydrogen-bond acceptors (Lipinski definition) is 4. The third-order valence-corrected chi connectivity index (χ3v) is 3.65. The molecule has 0 saturated carbocycles. The van der Waals surface area contributed by atoms with Gasteiger partial charge in [-0.05, 0) is 29.7 Å². The van der Waals surface area contributed by atoms with Crippen LogP contribution in [-0.4, -0.2) is 26.5 Å². The Hall–Kier alpha value is -2.33. The van der Waals surface area contributed by atoms with E-state index in [-0.39, 0.29) is 6.10 Å². The van der Waals surface area contributed by atoms with Crippen LogP contribution in [-0.2, 0) is 22.6 Å². The van der Waals surface area contributed by atoms with Crippen molar-refractivity contribution in [2.75, 3.05) is 14.2 Å². The highest BCUT2D eigenvalue weighted by Gasteiger charge is 2.10.